The van der Waals surface area contributed by atoms with Crippen molar-refractivity contribution in [3.63, 3.8) is 0 Å². The van der Waals surface area contributed by atoms with E-state index in [0.29, 0.717) is 25.9 Å². The normalized spacial score (nSPS) is 26.7. The average Bonchev–Trinajstić information content (AvgIpc) is 2.97. The largest absolute Gasteiger partial charge is 0.469 e. The Morgan fingerprint density at radius 2 is 1.92 bits per heavy atom. The molecule has 1 N–H and O–H groups in total. The van der Waals surface area contributed by atoms with Gasteiger partial charge < -0.3 is 15.0 Å². The topological polar surface area (TPSA) is 75.7 Å². The molecule has 0 radical (unpaired) electrons. The maximum atomic E-state index is 12.9. The summed E-state index contributed by atoms with van der Waals surface area (Å²) in [7, 11) is 1.38. The number of carbonyl (C=O) groups is 3. The highest BCUT2D eigenvalue weighted by Crippen LogP contribution is 2.34. The second kappa shape index (κ2) is 7.68. The minimum atomic E-state index is -0.483. The average molecular weight is 344 g/mol. The minimum absolute atomic E-state index is 0.0702. The number of benzene rings is 1. The molecule has 6 heteroatoms. The van der Waals surface area contributed by atoms with Crippen molar-refractivity contribution < 1.29 is 19.1 Å². The van der Waals surface area contributed by atoms with E-state index < -0.39 is 6.04 Å². The molecule has 0 spiro atoms. The Balaban J connectivity index is 1.77. The number of nitrogens with one attached hydrogen (secondary N) is 1. The molecular weight excluding hydrogens is 320 g/mol. The number of rotatable bonds is 3. The van der Waals surface area contributed by atoms with Crippen LogP contribution in [0, 0.1) is 5.92 Å². The van der Waals surface area contributed by atoms with Crippen molar-refractivity contribution in [1.29, 1.82) is 0 Å². The molecule has 6 nitrogen and oxygen atoms in total. The maximum absolute atomic E-state index is 12.9. The van der Waals surface area contributed by atoms with E-state index in [-0.39, 0.29) is 29.6 Å². The molecular formula is C19H24N2O4. The Bertz CT molecular complexity index is 646. The van der Waals surface area contributed by atoms with Gasteiger partial charge in [-0.1, -0.05) is 36.8 Å². The van der Waals surface area contributed by atoms with E-state index in [4.69, 9.17) is 4.74 Å². The van der Waals surface area contributed by atoms with Crippen molar-refractivity contribution in [2.45, 2.75) is 37.6 Å². The highest BCUT2D eigenvalue weighted by molar-refractivity contribution is 5.89. The summed E-state index contributed by atoms with van der Waals surface area (Å²) in [5.41, 5.74) is 1.03. The van der Waals surface area contributed by atoms with Gasteiger partial charge in [-0.2, -0.15) is 0 Å². The molecule has 0 unspecified atom stereocenters. The molecule has 134 valence electrons. The zero-order valence-corrected chi connectivity index (χ0v) is 14.4. The number of hydrogen-bond acceptors (Lipinski definition) is 4. The third-order valence-corrected chi connectivity index (χ3v) is 5.14. The van der Waals surface area contributed by atoms with E-state index in [0.717, 1.165) is 18.4 Å². The Hall–Kier alpha value is -2.37. The quantitative estimate of drug-likeness (QED) is 0.843. The number of carbonyl (C=O) groups excluding carboxylic acids is 3. The van der Waals surface area contributed by atoms with Crippen LogP contribution in [-0.2, 0) is 19.1 Å². The minimum Gasteiger partial charge on any atom is -0.469 e. The molecule has 1 aromatic rings. The molecule has 2 saturated heterocycles. The van der Waals surface area contributed by atoms with E-state index in [1.54, 1.807) is 4.90 Å². The molecule has 0 aliphatic carbocycles. The van der Waals surface area contributed by atoms with E-state index in [9.17, 15) is 14.4 Å². The van der Waals surface area contributed by atoms with Gasteiger partial charge in [-0.05, 0) is 18.4 Å². The highest BCUT2D eigenvalue weighted by Gasteiger charge is 2.42. The summed E-state index contributed by atoms with van der Waals surface area (Å²) in [5, 5.41) is 2.82. The van der Waals surface area contributed by atoms with Crippen LogP contribution >= 0.6 is 0 Å². The van der Waals surface area contributed by atoms with Crippen LogP contribution in [-0.4, -0.2) is 48.9 Å². The summed E-state index contributed by atoms with van der Waals surface area (Å²) < 4.78 is 4.95. The third kappa shape index (κ3) is 3.83. The summed E-state index contributed by atoms with van der Waals surface area (Å²) in [5.74, 6) is -0.923. The molecule has 2 fully saturated rings. The predicted molar refractivity (Wildman–Crippen MR) is 91.7 cm³/mol. The van der Waals surface area contributed by atoms with Gasteiger partial charge in [0.2, 0.25) is 11.8 Å². The Morgan fingerprint density at radius 3 is 2.64 bits per heavy atom. The van der Waals surface area contributed by atoms with E-state index >= 15 is 0 Å². The standard InChI is InChI=1S/C19H24N2O4/c1-25-19(24)15-12-21(11-14(15)13-7-3-2-4-8-13)18(23)16-9-5-6-10-17(22)20-16/h2-4,7-8,14-16H,5-6,9-12H2,1H3,(H,20,22)/t14-,15-,16-/m1/s1. The number of ether oxygens (including phenoxy) is 1. The lowest BCUT2D eigenvalue weighted by Crippen LogP contribution is -2.47. The lowest BCUT2D eigenvalue weighted by Gasteiger charge is -2.23. The van der Waals surface area contributed by atoms with Gasteiger partial charge in [0.1, 0.15) is 6.04 Å². The fraction of sp³-hybridized carbons (Fsp3) is 0.526. The summed E-state index contributed by atoms with van der Waals surface area (Å²) in [6, 6.07) is 9.25. The van der Waals surface area contributed by atoms with E-state index in [2.05, 4.69) is 5.32 Å². The molecule has 2 aliphatic rings. The van der Waals surface area contributed by atoms with Gasteiger partial charge in [0, 0.05) is 25.4 Å². The summed E-state index contributed by atoms with van der Waals surface area (Å²) in [6.07, 6.45) is 2.79. The van der Waals surface area contributed by atoms with Crippen LogP contribution in [0.2, 0.25) is 0 Å². The zero-order valence-electron chi connectivity index (χ0n) is 14.4. The highest BCUT2D eigenvalue weighted by atomic mass is 16.5. The predicted octanol–water partition coefficient (Wildman–Crippen LogP) is 1.46. The van der Waals surface area contributed by atoms with Gasteiger partial charge in [-0.25, -0.2) is 0 Å². The molecule has 2 heterocycles. The molecule has 3 rings (SSSR count). The van der Waals surface area contributed by atoms with Crippen LogP contribution in [0.15, 0.2) is 30.3 Å². The van der Waals surface area contributed by atoms with Crippen LogP contribution in [0.25, 0.3) is 0 Å². The Morgan fingerprint density at radius 1 is 1.16 bits per heavy atom. The number of hydrogen-bond donors (Lipinski definition) is 1. The number of likely N-dealkylation sites (tertiary alicyclic amines) is 1. The number of esters is 1. The molecule has 0 saturated carbocycles. The van der Waals surface area contributed by atoms with Crippen LogP contribution in [0.4, 0.5) is 0 Å². The summed E-state index contributed by atoms with van der Waals surface area (Å²) in [6.45, 7) is 0.798. The summed E-state index contributed by atoms with van der Waals surface area (Å²) in [4.78, 5) is 38.6. The van der Waals surface area contributed by atoms with Gasteiger partial charge >= 0.3 is 5.97 Å². The maximum Gasteiger partial charge on any atom is 0.311 e. The molecule has 0 aromatic heterocycles. The molecule has 1 aromatic carbocycles. The second-order valence-corrected chi connectivity index (χ2v) is 6.76. The van der Waals surface area contributed by atoms with Crippen LogP contribution in [0.3, 0.4) is 0 Å². The van der Waals surface area contributed by atoms with Crippen LogP contribution < -0.4 is 5.32 Å². The SMILES string of the molecule is COC(=O)[C@@H]1CN(C(=O)[C@H]2CCCCC(=O)N2)C[C@@H]1c1ccccc1. The van der Waals surface area contributed by atoms with Crippen LogP contribution in [0.5, 0.6) is 0 Å². The van der Waals surface area contributed by atoms with E-state index in [1.165, 1.54) is 7.11 Å². The Kier molecular flexibility index (Phi) is 5.36. The molecule has 2 aliphatic heterocycles. The van der Waals surface area contributed by atoms with Gasteiger partial charge in [-0.3, -0.25) is 14.4 Å². The lowest BCUT2D eigenvalue weighted by atomic mass is 9.89. The van der Waals surface area contributed by atoms with Gasteiger partial charge in [0.05, 0.1) is 13.0 Å². The van der Waals surface area contributed by atoms with Crippen molar-refractivity contribution in [3.8, 4) is 0 Å². The van der Waals surface area contributed by atoms with Crippen LogP contribution in [0.1, 0.15) is 37.2 Å². The van der Waals surface area contributed by atoms with Crippen molar-refractivity contribution in [3.05, 3.63) is 35.9 Å². The molecule has 25 heavy (non-hydrogen) atoms. The first-order valence-corrected chi connectivity index (χ1v) is 8.81. The first-order valence-electron chi connectivity index (χ1n) is 8.81. The van der Waals surface area contributed by atoms with Gasteiger partial charge in [0.25, 0.3) is 0 Å². The number of nitrogens with zero attached hydrogens (tertiary/aromatic N) is 1. The van der Waals surface area contributed by atoms with Crippen molar-refractivity contribution in [1.82, 2.24) is 10.2 Å². The first-order chi connectivity index (χ1) is 12.1. The molecule has 0 bridgehead atoms. The molecule has 2 amide bonds. The molecule has 3 atom stereocenters. The third-order valence-electron chi connectivity index (χ3n) is 5.14. The van der Waals surface area contributed by atoms with Crippen molar-refractivity contribution in [2.24, 2.45) is 5.92 Å². The Labute approximate surface area is 147 Å². The van der Waals surface area contributed by atoms with Crippen molar-refractivity contribution in [2.75, 3.05) is 20.2 Å². The fourth-order valence-corrected chi connectivity index (χ4v) is 3.79. The fourth-order valence-electron chi connectivity index (χ4n) is 3.79. The zero-order chi connectivity index (χ0) is 17.8. The number of amides is 2. The van der Waals surface area contributed by atoms with Gasteiger partial charge in [0.15, 0.2) is 0 Å². The first kappa shape index (κ1) is 17.5. The summed E-state index contributed by atoms with van der Waals surface area (Å²) >= 11 is 0. The lowest BCUT2D eigenvalue weighted by molar-refractivity contribution is -0.145. The second-order valence-electron chi connectivity index (χ2n) is 6.76. The van der Waals surface area contributed by atoms with Gasteiger partial charge in [-0.15, -0.1) is 0 Å². The monoisotopic (exact) mass is 344 g/mol. The smallest absolute Gasteiger partial charge is 0.311 e. The number of methoxy groups -OCH3 is 1. The van der Waals surface area contributed by atoms with Crippen molar-refractivity contribution >= 4 is 17.8 Å². The van der Waals surface area contributed by atoms with E-state index in [1.807, 2.05) is 30.3 Å².